The lowest BCUT2D eigenvalue weighted by atomic mass is 9.34. The second-order valence-corrected chi connectivity index (χ2v) is 10.7. The van der Waals surface area contributed by atoms with Crippen LogP contribution in [-0.2, 0) is 23.8 Å². The Labute approximate surface area is 169 Å². The molecule has 10 atom stereocenters. The van der Waals surface area contributed by atoms with Crippen LogP contribution in [0.2, 0.25) is 0 Å². The van der Waals surface area contributed by atoms with Gasteiger partial charge in [-0.1, -0.05) is 20.4 Å². The van der Waals surface area contributed by atoms with Crippen molar-refractivity contribution in [1.82, 2.24) is 0 Å². The van der Waals surface area contributed by atoms with Crippen LogP contribution in [0, 0.1) is 34.0 Å². The van der Waals surface area contributed by atoms with Gasteiger partial charge >= 0.3 is 5.97 Å². The van der Waals surface area contributed by atoms with Crippen LogP contribution in [0.3, 0.4) is 0 Å². The van der Waals surface area contributed by atoms with Crippen LogP contribution in [0.1, 0.15) is 46.5 Å². The van der Waals surface area contributed by atoms with Crippen molar-refractivity contribution in [2.75, 3.05) is 0 Å². The van der Waals surface area contributed by atoms with Gasteiger partial charge in [-0.05, 0) is 42.6 Å². The molecule has 29 heavy (non-hydrogen) atoms. The Morgan fingerprint density at radius 1 is 1.28 bits per heavy atom. The minimum atomic E-state index is -2.01. The molecule has 0 amide bonds. The predicted octanol–water partition coefficient (Wildman–Crippen LogP) is 1.31. The van der Waals surface area contributed by atoms with Gasteiger partial charge < -0.3 is 24.4 Å². The average Bonchev–Trinajstić information content (AvgIpc) is 2.76. The smallest absolute Gasteiger partial charge is 0.302 e. The Hall–Kier alpha value is -1.28. The monoisotopic (exact) mass is 404 g/mol. The highest BCUT2D eigenvalue weighted by Gasteiger charge is 2.93. The van der Waals surface area contributed by atoms with Crippen LogP contribution < -0.4 is 0 Å². The van der Waals surface area contributed by atoms with Crippen LogP contribution in [0.5, 0.6) is 0 Å². The first-order chi connectivity index (χ1) is 13.5. The molecule has 0 aromatic rings. The van der Waals surface area contributed by atoms with Gasteiger partial charge in [-0.3, -0.25) is 9.59 Å². The van der Waals surface area contributed by atoms with E-state index in [1.807, 2.05) is 0 Å². The lowest BCUT2D eigenvalue weighted by molar-refractivity contribution is -0.556. The second kappa shape index (κ2) is 4.96. The van der Waals surface area contributed by atoms with Gasteiger partial charge in [0.1, 0.15) is 17.6 Å². The third-order valence-corrected chi connectivity index (χ3v) is 9.42. The number of aliphatic hydroxyl groups excluding tert-OH is 1. The molecule has 2 spiro atoms. The van der Waals surface area contributed by atoms with Gasteiger partial charge in [0.25, 0.3) is 0 Å². The van der Waals surface area contributed by atoms with Crippen molar-refractivity contribution in [3.63, 3.8) is 0 Å². The van der Waals surface area contributed by atoms with Crippen LogP contribution >= 0.6 is 0 Å². The molecule has 0 aromatic heterocycles. The fourth-order valence-electron chi connectivity index (χ4n) is 8.72. The molecule has 0 aromatic carbocycles. The van der Waals surface area contributed by atoms with Crippen molar-refractivity contribution in [3.8, 4) is 0 Å². The summed E-state index contributed by atoms with van der Waals surface area (Å²) >= 11 is 0. The van der Waals surface area contributed by atoms with Gasteiger partial charge in [-0.25, -0.2) is 0 Å². The number of ether oxygens (including phenoxy) is 3. The van der Waals surface area contributed by atoms with Crippen molar-refractivity contribution in [3.05, 3.63) is 12.2 Å². The standard InChI is InChI=1S/C22H28O7/c1-9-11-5-6-12-20-13(27-10(2)23)7-8-19(3,4)14(20)16(25)22(26)21(12,15(9)24)17(11)28-18(20)29-22/h11-14,16-18,25-26H,1,5-8H2,2-4H3/t11-,12+,13+,14-,16+,17+,18?,20+,21+,22+/m1/s1. The zero-order valence-corrected chi connectivity index (χ0v) is 17.0. The molecule has 4 aliphatic carbocycles. The summed E-state index contributed by atoms with van der Waals surface area (Å²) in [6.45, 7) is 9.54. The van der Waals surface area contributed by atoms with E-state index in [0.29, 0.717) is 18.4 Å². The molecule has 2 N–H and O–H groups in total. The van der Waals surface area contributed by atoms with Gasteiger partial charge in [-0.2, -0.15) is 0 Å². The maximum Gasteiger partial charge on any atom is 0.302 e. The Balaban J connectivity index is 1.66. The topological polar surface area (TPSA) is 102 Å². The zero-order chi connectivity index (χ0) is 20.7. The van der Waals surface area contributed by atoms with Crippen LogP contribution in [0.25, 0.3) is 0 Å². The van der Waals surface area contributed by atoms with Gasteiger partial charge in [-0.15, -0.1) is 0 Å². The highest BCUT2D eigenvalue weighted by molar-refractivity contribution is 6.05. The summed E-state index contributed by atoms with van der Waals surface area (Å²) in [5, 5.41) is 23.4. The molecule has 7 heteroatoms. The quantitative estimate of drug-likeness (QED) is 0.502. The van der Waals surface area contributed by atoms with Crippen molar-refractivity contribution >= 4 is 11.8 Å². The minimum Gasteiger partial charge on any atom is -0.462 e. The molecule has 4 aliphatic heterocycles. The van der Waals surface area contributed by atoms with E-state index in [4.69, 9.17) is 14.2 Å². The first-order valence-corrected chi connectivity index (χ1v) is 10.7. The molecule has 4 saturated carbocycles. The van der Waals surface area contributed by atoms with Crippen LogP contribution in [0.15, 0.2) is 12.2 Å². The summed E-state index contributed by atoms with van der Waals surface area (Å²) in [5.41, 5.74) is -2.15. The summed E-state index contributed by atoms with van der Waals surface area (Å²) in [7, 11) is 0. The molecular formula is C22H28O7. The maximum atomic E-state index is 13.6. The number of hydrogen-bond donors (Lipinski definition) is 2. The summed E-state index contributed by atoms with van der Waals surface area (Å²) in [6.07, 6.45) is -0.433. The number of hydrogen-bond acceptors (Lipinski definition) is 7. The number of Topliss-reactive ketones (excluding diaryl/α,β-unsaturated/α-hetero) is 1. The Kier molecular flexibility index (Phi) is 3.16. The molecule has 8 aliphatic rings. The second-order valence-electron chi connectivity index (χ2n) is 10.7. The Bertz CT molecular complexity index is 865. The van der Waals surface area contributed by atoms with Crippen LogP contribution in [0.4, 0.5) is 0 Å². The van der Waals surface area contributed by atoms with E-state index in [2.05, 4.69) is 20.4 Å². The zero-order valence-electron chi connectivity index (χ0n) is 17.0. The highest BCUT2D eigenvalue weighted by atomic mass is 16.8. The molecule has 4 saturated heterocycles. The molecule has 7 nitrogen and oxygen atoms in total. The number of aliphatic hydroxyl groups is 2. The van der Waals surface area contributed by atoms with E-state index >= 15 is 0 Å². The van der Waals surface area contributed by atoms with Crippen molar-refractivity contribution in [2.45, 2.75) is 76.8 Å². The normalized spacial score (nSPS) is 58.3. The predicted molar refractivity (Wildman–Crippen MR) is 98.0 cm³/mol. The lowest BCUT2D eigenvalue weighted by Crippen LogP contribution is -2.91. The lowest BCUT2D eigenvalue weighted by Gasteiger charge is -2.79. The largest absolute Gasteiger partial charge is 0.462 e. The van der Waals surface area contributed by atoms with Crippen molar-refractivity contribution in [1.29, 1.82) is 0 Å². The van der Waals surface area contributed by atoms with Gasteiger partial charge in [0, 0.05) is 18.8 Å². The summed E-state index contributed by atoms with van der Waals surface area (Å²) < 4.78 is 18.3. The summed E-state index contributed by atoms with van der Waals surface area (Å²) in [6, 6.07) is 0. The van der Waals surface area contributed by atoms with E-state index in [1.165, 1.54) is 6.92 Å². The highest BCUT2D eigenvalue weighted by Crippen LogP contribution is 2.81. The Morgan fingerprint density at radius 2 is 2.00 bits per heavy atom. The van der Waals surface area contributed by atoms with Crippen LogP contribution in [-0.4, -0.2) is 52.4 Å². The number of carbonyl (C=O) groups is 2. The summed E-state index contributed by atoms with van der Waals surface area (Å²) in [5.74, 6) is -3.55. The third kappa shape index (κ3) is 1.58. The fourth-order valence-corrected chi connectivity index (χ4v) is 8.72. The van der Waals surface area contributed by atoms with E-state index < -0.39 is 53.1 Å². The third-order valence-electron chi connectivity index (χ3n) is 9.42. The van der Waals surface area contributed by atoms with E-state index in [1.54, 1.807) is 0 Å². The Morgan fingerprint density at radius 3 is 2.69 bits per heavy atom. The number of esters is 1. The number of rotatable bonds is 1. The molecule has 1 unspecified atom stereocenters. The van der Waals surface area contributed by atoms with E-state index in [-0.39, 0.29) is 23.0 Å². The van der Waals surface area contributed by atoms with E-state index in [9.17, 15) is 19.8 Å². The SMILES string of the molecule is C=C1C(=O)[C@@]23[C@H]4OC5O[C@@]2(O)[C@@H](O)[C@@H]2C(C)(C)CC[C@H](OC(C)=O)[C@]52[C@@H]3CC[C@H]14. The molecule has 7 bridgehead atoms. The van der Waals surface area contributed by atoms with Gasteiger partial charge in [0.05, 0.1) is 11.5 Å². The van der Waals surface area contributed by atoms with E-state index in [0.717, 1.165) is 12.8 Å². The summed E-state index contributed by atoms with van der Waals surface area (Å²) in [4.78, 5) is 25.7. The van der Waals surface area contributed by atoms with Gasteiger partial charge in [0.2, 0.25) is 5.79 Å². The van der Waals surface area contributed by atoms with Gasteiger partial charge in [0.15, 0.2) is 12.1 Å². The van der Waals surface area contributed by atoms with Crippen molar-refractivity contribution in [2.24, 2.45) is 34.0 Å². The molecule has 8 fully saturated rings. The van der Waals surface area contributed by atoms with Crippen molar-refractivity contribution < 1.29 is 34.0 Å². The fraction of sp³-hybridized carbons (Fsp3) is 0.818. The molecule has 0 radical (unpaired) electrons. The molecular weight excluding hydrogens is 376 g/mol. The molecule has 158 valence electrons. The number of ketones is 1. The maximum absolute atomic E-state index is 13.6. The number of carbonyl (C=O) groups excluding carboxylic acids is 2. The molecule has 8 rings (SSSR count). The minimum absolute atomic E-state index is 0.165. The first kappa shape index (κ1) is 18.5. The first-order valence-electron chi connectivity index (χ1n) is 10.7. The molecule has 4 heterocycles. The average molecular weight is 404 g/mol.